The molecular formula is C56H103NO5. The van der Waals surface area contributed by atoms with Gasteiger partial charge in [0.05, 0.1) is 18.8 Å². The molecule has 0 aliphatic rings. The van der Waals surface area contributed by atoms with Crippen molar-refractivity contribution in [3.63, 3.8) is 0 Å². The summed E-state index contributed by atoms with van der Waals surface area (Å²) in [4.78, 5) is 12.6. The van der Waals surface area contributed by atoms with Gasteiger partial charge in [-0.3, -0.25) is 4.79 Å². The normalized spacial score (nSPS) is 14.4. The number of carbonyl (C=O) groups is 1. The Balaban J connectivity index is 3.77. The lowest BCUT2D eigenvalue weighted by molar-refractivity contribution is -0.132. The van der Waals surface area contributed by atoms with Crippen LogP contribution in [0.1, 0.15) is 258 Å². The van der Waals surface area contributed by atoms with Gasteiger partial charge in [-0.15, -0.1) is 0 Å². The first-order chi connectivity index (χ1) is 30.5. The molecule has 0 spiro atoms. The van der Waals surface area contributed by atoms with E-state index in [0.29, 0.717) is 19.3 Å². The van der Waals surface area contributed by atoms with Crippen molar-refractivity contribution in [3.8, 4) is 0 Å². The first-order valence-electron chi connectivity index (χ1n) is 26.7. The average molecular weight is 870 g/mol. The Hall–Kier alpha value is -1.99. The maximum Gasteiger partial charge on any atom is 0.249 e. The number of allylic oxidation sites excluding steroid dienone is 10. The Morgan fingerprint density at radius 2 is 0.726 bits per heavy atom. The highest BCUT2D eigenvalue weighted by atomic mass is 16.3. The van der Waals surface area contributed by atoms with E-state index in [9.17, 15) is 25.2 Å². The molecule has 0 fully saturated rings. The fourth-order valence-electron chi connectivity index (χ4n) is 7.94. The van der Waals surface area contributed by atoms with Crippen LogP contribution in [0.4, 0.5) is 0 Å². The molecule has 0 saturated heterocycles. The van der Waals surface area contributed by atoms with Crippen molar-refractivity contribution in [2.75, 3.05) is 6.61 Å². The van der Waals surface area contributed by atoms with Gasteiger partial charge in [0.2, 0.25) is 5.91 Å². The van der Waals surface area contributed by atoms with Crippen molar-refractivity contribution in [2.24, 2.45) is 0 Å². The van der Waals surface area contributed by atoms with Gasteiger partial charge in [-0.1, -0.05) is 222 Å². The van der Waals surface area contributed by atoms with Gasteiger partial charge in [0, 0.05) is 0 Å². The number of aliphatic hydroxyl groups is 4. The number of carbonyl (C=O) groups excluding carboxylic acids is 1. The van der Waals surface area contributed by atoms with E-state index < -0.39 is 36.9 Å². The molecule has 362 valence electrons. The SMILES string of the molecule is CCCCCCCCCCC/C=C\C/C=C\CCCCCCCCCCC(O)C(=O)NC(CO)C(O)C(O)CCC/C=C/CC/C=C/CC/C=C/CCCCCCCCCCC. The van der Waals surface area contributed by atoms with E-state index in [1.54, 1.807) is 0 Å². The quantitative estimate of drug-likeness (QED) is 0.0309. The summed E-state index contributed by atoms with van der Waals surface area (Å²) < 4.78 is 0. The largest absolute Gasteiger partial charge is 0.394 e. The molecule has 0 heterocycles. The molecule has 0 aliphatic carbocycles. The number of rotatable bonds is 48. The number of nitrogens with one attached hydrogen (secondary N) is 1. The minimum atomic E-state index is -1.30. The second-order valence-electron chi connectivity index (χ2n) is 18.2. The number of amides is 1. The summed E-state index contributed by atoms with van der Waals surface area (Å²) in [5.41, 5.74) is 0. The minimum absolute atomic E-state index is 0.350. The molecule has 0 bridgehead atoms. The molecule has 6 nitrogen and oxygen atoms in total. The number of hydrogen-bond acceptors (Lipinski definition) is 5. The van der Waals surface area contributed by atoms with E-state index in [1.807, 2.05) is 0 Å². The second kappa shape index (κ2) is 50.0. The number of aliphatic hydroxyl groups excluding tert-OH is 4. The topological polar surface area (TPSA) is 110 Å². The zero-order valence-corrected chi connectivity index (χ0v) is 40.9. The molecule has 0 saturated carbocycles. The molecular weight excluding hydrogens is 767 g/mol. The fourth-order valence-corrected chi connectivity index (χ4v) is 7.94. The monoisotopic (exact) mass is 870 g/mol. The summed E-state index contributed by atoms with van der Waals surface area (Å²) >= 11 is 0. The van der Waals surface area contributed by atoms with E-state index >= 15 is 0 Å². The molecule has 0 aromatic heterocycles. The van der Waals surface area contributed by atoms with Crippen molar-refractivity contribution in [2.45, 2.75) is 282 Å². The Labute approximate surface area is 384 Å². The van der Waals surface area contributed by atoms with Gasteiger partial charge >= 0.3 is 0 Å². The van der Waals surface area contributed by atoms with Crippen molar-refractivity contribution >= 4 is 5.91 Å². The Kier molecular flexibility index (Phi) is 48.4. The maximum atomic E-state index is 12.6. The predicted molar refractivity (Wildman–Crippen MR) is 270 cm³/mol. The molecule has 0 aliphatic heterocycles. The van der Waals surface area contributed by atoms with E-state index in [4.69, 9.17) is 0 Å². The number of unbranched alkanes of at least 4 members (excludes halogenated alkanes) is 29. The van der Waals surface area contributed by atoms with E-state index in [2.05, 4.69) is 79.9 Å². The van der Waals surface area contributed by atoms with Crippen molar-refractivity contribution < 1.29 is 25.2 Å². The molecule has 6 heteroatoms. The summed E-state index contributed by atoms with van der Waals surface area (Å²) in [6.45, 7) is 4.05. The molecule has 0 rings (SSSR count). The van der Waals surface area contributed by atoms with Crippen LogP contribution in [0.25, 0.3) is 0 Å². The maximum absolute atomic E-state index is 12.6. The second-order valence-corrected chi connectivity index (χ2v) is 18.2. The van der Waals surface area contributed by atoms with Crippen LogP contribution in [-0.4, -0.2) is 57.3 Å². The molecule has 0 radical (unpaired) electrons. The van der Waals surface area contributed by atoms with Crippen LogP contribution >= 0.6 is 0 Å². The van der Waals surface area contributed by atoms with Crippen LogP contribution in [0.3, 0.4) is 0 Å². The lowest BCUT2D eigenvalue weighted by Crippen LogP contribution is -2.53. The minimum Gasteiger partial charge on any atom is -0.394 e. The smallest absolute Gasteiger partial charge is 0.249 e. The Morgan fingerprint density at radius 1 is 0.403 bits per heavy atom. The van der Waals surface area contributed by atoms with E-state index in [0.717, 1.165) is 64.2 Å². The van der Waals surface area contributed by atoms with Gasteiger partial charge in [0.25, 0.3) is 0 Å². The third-order valence-corrected chi connectivity index (χ3v) is 12.2. The lowest BCUT2D eigenvalue weighted by Gasteiger charge is -2.27. The highest BCUT2D eigenvalue weighted by Gasteiger charge is 2.28. The Morgan fingerprint density at radius 3 is 1.11 bits per heavy atom. The fraction of sp³-hybridized carbons (Fsp3) is 0.804. The van der Waals surface area contributed by atoms with Crippen LogP contribution in [-0.2, 0) is 4.79 Å². The van der Waals surface area contributed by atoms with E-state index in [-0.39, 0.29) is 0 Å². The highest BCUT2D eigenvalue weighted by molar-refractivity contribution is 5.80. The first kappa shape index (κ1) is 60.0. The standard InChI is InChI=1S/C56H103NO5/c1-3-5-7-9-11-13-15-17-19-21-23-25-27-28-30-32-34-36-38-40-42-44-46-48-50-54(60)56(62)57-52(51-58)55(61)53(59)49-47-45-43-41-39-37-35-33-31-29-26-24-22-20-18-16-14-12-10-8-6-4-2/h23-26,28,30,33,35,41,43,52-55,58-61H,3-22,27,29,31-32,34,36-40,42,44-51H2,1-2H3,(H,57,62)/b25-23-,26-24+,30-28-,35-33+,43-41+. The predicted octanol–water partition coefficient (Wildman–Crippen LogP) is 15.2. The van der Waals surface area contributed by atoms with Gasteiger partial charge in [0.1, 0.15) is 12.2 Å². The van der Waals surface area contributed by atoms with Crippen molar-refractivity contribution in [1.29, 1.82) is 0 Å². The summed E-state index contributed by atoms with van der Waals surface area (Å²) in [6.07, 6.45) is 64.1. The summed E-state index contributed by atoms with van der Waals surface area (Å²) in [6, 6.07) is -1.02. The summed E-state index contributed by atoms with van der Waals surface area (Å²) in [7, 11) is 0. The van der Waals surface area contributed by atoms with Crippen LogP contribution < -0.4 is 5.32 Å². The first-order valence-corrected chi connectivity index (χ1v) is 26.7. The summed E-state index contributed by atoms with van der Waals surface area (Å²) in [5.74, 6) is -0.604. The van der Waals surface area contributed by atoms with Gasteiger partial charge in [-0.2, -0.15) is 0 Å². The molecule has 5 N–H and O–H groups in total. The zero-order chi connectivity index (χ0) is 45.2. The van der Waals surface area contributed by atoms with Gasteiger partial charge in [0.15, 0.2) is 0 Å². The van der Waals surface area contributed by atoms with Crippen molar-refractivity contribution in [3.05, 3.63) is 60.8 Å². The number of hydrogen-bond donors (Lipinski definition) is 5. The molecule has 62 heavy (non-hydrogen) atoms. The van der Waals surface area contributed by atoms with Gasteiger partial charge < -0.3 is 25.7 Å². The molecule has 0 aromatic rings. The molecule has 4 atom stereocenters. The molecule has 1 amide bonds. The van der Waals surface area contributed by atoms with Crippen LogP contribution in [0.15, 0.2) is 60.8 Å². The van der Waals surface area contributed by atoms with Crippen molar-refractivity contribution in [1.82, 2.24) is 5.32 Å². The van der Waals surface area contributed by atoms with Crippen LogP contribution in [0.5, 0.6) is 0 Å². The van der Waals surface area contributed by atoms with Crippen LogP contribution in [0.2, 0.25) is 0 Å². The highest BCUT2D eigenvalue weighted by Crippen LogP contribution is 2.15. The van der Waals surface area contributed by atoms with Crippen LogP contribution in [0, 0.1) is 0 Å². The molecule has 0 aromatic carbocycles. The third-order valence-electron chi connectivity index (χ3n) is 12.2. The zero-order valence-electron chi connectivity index (χ0n) is 40.9. The Bertz CT molecular complexity index is 1070. The van der Waals surface area contributed by atoms with Gasteiger partial charge in [-0.25, -0.2) is 0 Å². The third kappa shape index (κ3) is 43.3. The molecule has 4 unspecified atom stereocenters. The van der Waals surface area contributed by atoms with Gasteiger partial charge in [-0.05, 0) is 96.3 Å². The average Bonchev–Trinajstić information content (AvgIpc) is 3.28. The lowest BCUT2D eigenvalue weighted by atomic mass is 10.00. The summed E-state index contributed by atoms with van der Waals surface area (Å²) in [5, 5.41) is 43.9. The van der Waals surface area contributed by atoms with E-state index in [1.165, 1.54) is 161 Å².